The number of benzene rings is 1. The lowest BCUT2D eigenvalue weighted by atomic mass is 10.1. The zero-order chi connectivity index (χ0) is 22.8. The number of anilines is 2. The van der Waals surface area contributed by atoms with Crippen LogP contribution in [0.2, 0.25) is 0 Å². The third-order valence-corrected chi connectivity index (χ3v) is 6.74. The second-order valence-corrected chi connectivity index (χ2v) is 9.40. The van der Waals surface area contributed by atoms with Gasteiger partial charge in [0.1, 0.15) is 5.82 Å². The molecule has 1 aromatic heterocycles. The number of likely N-dealkylation sites (tertiary alicyclic amines) is 1. The Labute approximate surface area is 193 Å². The van der Waals surface area contributed by atoms with E-state index in [1.54, 1.807) is 7.11 Å². The summed E-state index contributed by atoms with van der Waals surface area (Å²) in [6.45, 7) is 4.49. The maximum absolute atomic E-state index is 13.7. The molecule has 180 valence electrons. The number of ether oxygens (including phenoxy) is 2. The summed E-state index contributed by atoms with van der Waals surface area (Å²) in [6, 6.07) is 4.21. The van der Waals surface area contributed by atoms with Gasteiger partial charge >= 0.3 is 0 Å². The molecule has 1 aromatic carbocycles. The average Bonchev–Trinajstić information content (AvgIpc) is 3.46. The molecule has 1 aliphatic carbocycles. The molecular formula is C24H33F2N5O2. The standard InChI is InChI=1S/C24H33F2N5O2/c1-32-20-15-18-19(16-21(20)33-14-4-11-30-9-2-3-10-30)28-23(29-22(18)27-17-5-6-17)31-12-7-24(25,26)8-13-31/h15-17H,2-14H2,1H3,(H,27,28,29). The lowest BCUT2D eigenvalue weighted by Gasteiger charge is -2.32. The van der Waals surface area contributed by atoms with Gasteiger partial charge in [-0.3, -0.25) is 0 Å². The molecule has 3 aliphatic rings. The Morgan fingerprint density at radius 1 is 1.06 bits per heavy atom. The third kappa shape index (κ3) is 5.39. The van der Waals surface area contributed by atoms with Crippen molar-refractivity contribution < 1.29 is 18.3 Å². The van der Waals surface area contributed by atoms with Crippen molar-refractivity contribution in [2.45, 2.75) is 56.9 Å². The summed E-state index contributed by atoms with van der Waals surface area (Å²) in [6.07, 6.45) is 5.38. The number of nitrogens with one attached hydrogen (secondary N) is 1. The number of hydrogen-bond acceptors (Lipinski definition) is 7. The van der Waals surface area contributed by atoms with Gasteiger partial charge in [0.15, 0.2) is 11.5 Å². The maximum atomic E-state index is 13.7. The lowest BCUT2D eigenvalue weighted by molar-refractivity contribution is -0.0222. The van der Waals surface area contributed by atoms with Crippen molar-refractivity contribution in [3.8, 4) is 11.5 Å². The zero-order valence-electron chi connectivity index (χ0n) is 19.3. The van der Waals surface area contributed by atoms with Crippen LogP contribution in [0.4, 0.5) is 20.5 Å². The van der Waals surface area contributed by atoms with Crippen LogP contribution in [0.5, 0.6) is 11.5 Å². The molecule has 0 radical (unpaired) electrons. The van der Waals surface area contributed by atoms with Crippen molar-refractivity contribution in [1.29, 1.82) is 0 Å². The van der Waals surface area contributed by atoms with Crippen LogP contribution in [0.3, 0.4) is 0 Å². The van der Waals surface area contributed by atoms with Gasteiger partial charge in [0.2, 0.25) is 5.95 Å². The number of methoxy groups -OCH3 is 1. The summed E-state index contributed by atoms with van der Waals surface area (Å²) in [5.41, 5.74) is 0.732. The number of rotatable bonds is 9. The molecule has 9 heteroatoms. The van der Waals surface area contributed by atoms with E-state index < -0.39 is 5.92 Å². The number of nitrogens with zero attached hydrogens (tertiary/aromatic N) is 4. The molecule has 0 spiro atoms. The highest BCUT2D eigenvalue weighted by Gasteiger charge is 2.35. The minimum atomic E-state index is -2.61. The van der Waals surface area contributed by atoms with Gasteiger partial charge in [-0.1, -0.05) is 0 Å². The molecule has 3 heterocycles. The van der Waals surface area contributed by atoms with Crippen molar-refractivity contribution in [3.05, 3.63) is 12.1 Å². The van der Waals surface area contributed by atoms with E-state index in [1.165, 1.54) is 25.9 Å². The topological polar surface area (TPSA) is 62.8 Å². The van der Waals surface area contributed by atoms with E-state index in [2.05, 4.69) is 10.2 Å². The van der Waals surface area contributed by atoms with Gasteiger partial charge in [-0.25, -0.2) is 13.8 Å². The smallest absolute Gasteiger partial charge is 0.251 e. The van der Waals surface area contributed by atoms with Crippen molar-refractivity contribution in [2.24, 2.45) is 0 Å². The average molecular weight is 462 g/mol. The van der Waals surface area contributed by atoms with Gasteiger partial charge in [0.25, 0.3) is 5.92 Å². The van der Waals surface area contributed by atoms with E-state index in [0.29, 0.717) is 30.1 Å². The number of fused-ring (bicyclic) bond motifs is 1. The Balaban J connectivity index is 1.38. The van der Waals surface area contributed by atoms with Gasteiger partial charge in [-0.15, -0.1) is 0 Å². The van der Waals surface area contributed by atoms with Crippen LogP contribution >= 0.6 is 0 Å². The minimum Gasteiger partial charge on any atom is -0.493 e. The predicted molar refractivity (Wildman–Crippen MR) is 125 cm³/mol. The molecule has 5 rings (SSSR count). The van der Waals surface area contributed by atoms with Crippen molar-refractivity contribution in [3.63, 3.8) is 0 Å². The Morgan fingerprint density at radius 2 is 1.82 bits per heavy atom. The van der Waals surface area contributed by atoms with Crippen molar-refractivity contribution in [2.75, 3.05) is 56.7 Å². The second-order valence-electron chi connectivity index (χ2n) is 9.40. The fourth-order valence-electron chi connectivity index (χ4n) is 4.58. The van der Waals surface area contributed by atoms with E-state index in [9.17, 15) is 8.78 Å². The molecule has 33 heavy (non-hydrogen) atoms. The third-order valence-electron chi connectivity index (χ3n) is 6.74. The number of piperidine rings is 1. The summed E-state index contributed by atoms with van der Waals surface area (Å²) in [5.74, 6) is -0.0820. The normalized spacial score (nSPS) is 20.9. The Hall–Kier alpha value is -2.42. The Morgan fingerprint density at radius 3 is 2.52 bits per heavy atom. The van der Waals surface area contributed by atoms with Crippen LogP contribution in [-0.2, 0) is 0 Å². The monoisotopic (exact) mass is 461 g/mol. The van der Waals surface area contributed by atoms with Crippen LogP contribution in [0, 0.1) is 0 Å². The van der Waals surface area contributed by atoms with Crippen LogP contribution in [0.25, 0.3) is 10.9 Å². The molecule has 1 N–H and O–H groups in total. The molecule has 0 amide bonds. The van der Waals surface area contributed by atoms with Crippen molar-refractivity contribution in [1.82, 2.24) is 14.9 Å². The zero-order valence-corrected chi connectivity index (χ0v) is 19.3. The van der Waals surface area contributed by atoms with Gasteiger partial charge < -0.3 is 24.6 Å². The molecule has 0 unspecified atom stereocenters. The Bertz CT molecular complexity index is 969. The molecule has 2 aromatic rings. The highest BCUT2D eigenvalue weighted by molar-refractivity contribution is 5.93. The minimum absolute atomic E-state index is 0.173. The number of hydrogen-bond donors (Lipinski definition) is 1. The largest absolute Gasteiger partial charge is 0.493 e. The fourth-order valence-corrected chi connectivity index (χ4v) is 4.58. The Kier molecular flexibility index (Phi) is 6.40. The quantitative estimate of drug-likeness (QED) is 0.558. The molecule has 1 saturated carbocycles. The van der Waals surface area contributed by atoms with Crippen LogP contribution in [0.15, 0.2) is 12.1 Å². The summed E-state index contributed by atoms with van der Waals surface area (Å²) in [7, 11) is 1.63. The van der Waals surface area contributed by atoms with Gasteiger partial charge in [0.05, 0.1) is 19.2 Å². The number of alkyl halides is 2. The predicted octanol–water partition coefficient (Wildman–Crippen LogP) is 4.31. The van der Waals surface area contributed by atoms with Crippen LogP contribution < -0.4 is 19.7 Å². The first kappa shape index (κ1) is 22.4. The highest BCUT2D eigenvalue weighted by atomic mass is 19.3. The summed E-state index contributed by atoms with van der Waals surface area (Å²) >= 11 is 0. The van der Waals surface area contributed by atoms with Crippen LogP contribution in [0.1, 0.15) is 44.9 Å². The number of aromatic nitrogens is 2. The van der Waals surface area contributed by atoms with E-state index in [1.807, 2.05) is 17.0 Å². The summed E-state index contributed by atoms with van der Waals surface area (Å²) < 4.78 is 39.1. The first-order valence-electron chi connectivity index (χ1n) is 12.1. The summed E-state index contributed by atoms with van der Waals surface area (Å²) in [5, 5.41) is 4.34. The number of halogens is 2. The van der Waals surface area contributed by atoms with Gasteiger partial charge in [-0.05, 0) is 51.3 Å². The molecule has 2 saturated heterocycles. The SMILES string of the molecule is COc1cc2c(NC3CC3)nc(N3CCC(F)(F)CC3)nc2cc1OCCCN1CCCC1. The lowest BCUT2D eigenvalue weighted by Crippen LogP contribution is -2.40. The molecule has 2 aliphatic heterocycles. The molecular weight excluding hydrogens is 428 g/mol. The fraction of sp³-hybridized carbons (Fsp3) is 0.667. The van der Waals surface area contributed by atoms with Crippen LogP contribution in [-0.4, -0.2) is 73.3 Å². The molecule has 7 nitrogen and oxygen atoms in total. The summed E-state index contributed by atoms with van der Waals surface area (Å²) in [4.78, 5) is 13.8. The van der Waals surface area contributed by atoms with E-state index in [4.69, 9.17) is 19.4 Å². The molecule has 0 bridgehead atoms. The first-order valence-corrected chi connectivity index (χ1v) is 12.1. The molecule has 3 fully saturated rings. The van der Waals surface area contributed by atoms with Gasteiger partial charge in [0, 0.05) is 50.0 Å². The van der Waals surface area contributed by atoms with Crippen molar-refractivity contribution >= 4 is 22.7 Å². The van der Waals surface area contributed by atoms with E-state index in [-0.39, 0.29) is 25.9 Å². The second kappa shape index (κ2) is 9.44. The highest BCUT2D eigenvalue weighted by Crippen LogP contribution is 2.38. The first-order chi connectivity index (χ1) is 16.0. The van der Waals surface area contributed by atoms with E-state index in [0.717, 1.165) is 42.5 Å². The van der Waals surface area contributed by atoms with E-state index >= 15 is 0 Å². The van der Waals surface area contributed by atoms with Gasteiger partial charge in [-0.2, -0.15) is 4.98 Å². The molecule has 0 atom stereocenters. The maximum Gasteiger partial charge on any atom is 0.251 e.